The number of hydrogen-bond acceptors (Lipinski definition) is 11. The van der Waals surface area contributed by atoms with Gasteiger partial charge in [0.15, 0.2) is 5.57 Å². The van der Waals surface area contributed by atoms with E-state index in [2.05, 4.69) is 4.85 Å². The molecule has 2 aliphatic rings. The van der Waals surface area contributed by atoms with E-state index in [0.717, 1.165) is 0 Å². The van der Waals surface area contributed by atoms with Crippen molar-refractivity contribution in [3.63, 3.8) is 0 Å². The maximum Gasteiger partial charge on any atom is 0.350 e. The third kappa shape index (κ3) is 4.28. The average molecular weight is 509 g/mol. The molecule has 0 N–H and O–H groups in total. The van der Waals surface area contributed by atoms with E-state index < -0.39 is 11.9 Å². The summed E-state index contributed by atoms with van der Waals surface area (Å²) < 4.78 is 22.3. The van der Waals surface area contributed by atoms with E-state index in [1.54, 1.807) is 13.8 Å². The van der Waals surface area contributed by atoms with E-state index >= 15 is 0 Å². The number of hydrogen-bond donors (Lipinski definition) is 0. The first-order chi connectivity index (χ1) is 15.4. The van der Waals surface area contributed by atoms with Crippen LogP contribution >= 0.6 is 47.0 Å². The summed E-state index contributed by atoms with van der Waals surface area (Å²) in [6, 6.07) is 1.93. The Morgan fingerprint density at radius 2 is 1.31 bits per heavy atom. The van der Waals surface area contributed by atoms with Gasteiger partial charge in [-0.1, -0.05) is 47.0 Å². The van der Waals surface area contributed by atoms with E-state index in [0.29, 0.717) is 39.6 Å². The normalized spacial score (nSPS) is 13.4. The molecule has 0 aliphatic carbocycles. The molecule has 0 radical (unpaired) electrons. The zero-order chi connectivity index (χ0) is 23.4. The summed E-state index contributed by atoms with van der Waals surface area (Å²) in [5.41, 5.74) is -0.182. The van der Waals surface area contributed by atoms with Gasteiger partial charge in [0.05, 0.1) is 62.1 Å². The monoisotopic (exact) mass is 508 g/mol. The molecule has 0 fully saturated rings. The van der Waals surface area contributed by atoms with Gasteiger partial charge in [-0.3, -0.25) is 4.79 Å². The van der Waals surface area contributed by atoms with Gasteiger partial charge in [0.25, 0.3) is 5.70 Å². The lowest BCUT2D eigenvalue weighted by Crippen LogP contribution is -2.07. The number of ether oxygens (including phenoxy) is 4. The molecule has 2 aliphatic heterocycles. The van der Waals surface area contributed by atoms with Gasteiger partial charge < -0.3 is 18.9 Å². The van der Waals surface area contributed by atoms with Crippen LogP contribution in [0, 0.1) is 17.9 Å². The standard InChI is InChI=1S/C20H16N2O6S4/c1-6-27-17(23)9(8-21)19-29-13-11(25-4)15-16(12(26-5)14(13)30-19)32-20(31-15)10(22-3)18(24)28-7-2/h6-7H2,1-2,4-5H3. The lowest BCUT2D eigenvalue weighted by atomic mass is 10.3. The zero-order valence-corrected chi connectivity index (χ0v) is 20.7. The Balaban J connectivity index is 2.13. The topological polar surface area (TPSA) is 99.2 Å². The molecule has 32 heavy (non-hydrogen) atoms. The number of nitrogens with zero attached hydrogens (tertiary/aromatic N) is 2. The Kier molecular flexibility index (Phi) is 7.96. The molecule has 166 valence electrons. The molecule has 3 rings (SSSR count). The Morgan fingerprint density at radius 3 is 1.69 bits per heavy atom. The Bertz CT molecular complexity index is 1020. The molecule has 0 unspecified atom stereocenters. The Hall–Kier alpha value is -2.38. The summed E-state index contributed by atoms with van der Waals surface area (Å²) in [5, 5.41) is 9.52. The van der Waals surface area contributed by atoms with E-state index in [1.807, 2.05) is 6.07 Å². The fourth-order valence-electron chi connectivity index (χ4n) is 2.72. The second kappa shape index (κ2) is 10.5. The van der Waals surface area contributed by atoms with E-state index in [9.17, 15) is 14.9 Å². The van der Waals surface area contributed by atoms with Crippen molar-refractivity contribution in [3.05, 3.63) is 31.2 Å². The van der Waals surface area contributed by atoms with Crippen molar-refractivity contribution in [1.29, 1.82) is 5.26 Å². The van der Waals surface area contributed by atoms with Crippen molar-refractivity contribution in [1.82, 2.24) is 0 Å². The number of fused-ring (bicyclic) bond motifs is 2. The average Bonchev–Trinajstić information content (AvgIpc) is 3.38. The number of benzene rings is 1. The van der Waals surface area contributed by atoms with Crippen molar-refractivity contribution >= 4 is 59.0 Å². The summed E-state index contributed by atoms with van der Waals surface area (Å²) in [6.07, 6.45) is 0. The molecule has 8 nitrogen and oxygen atoms in total. The second-order valence-electron chi connectivity index (χ2n) is 5.75. The minimum Gasteiger partial charge on any atom is -0.494 e. The van der Waals surface area contributed by atoms with Crippen LogP contribution in [-0.2, 0) is 19.1 Å². The van der Waals surface area contributed by atoms with Crippen LogP contribution in [0.15, 0.2) is 39.3 Å². The molecule has 1 aromatic carbocycles. The van der Waals surface area contributed by atoms with Crippen LogP contribution in [0.1, 0.15) is 13.8 Å². The first kappa shape index (κ1) is 24.3. The summed E-state index contributed by atoms with van der Waals surface area (Å²) in [4.78, 5) is 30.6. The molecule has 0 saturated heterocycles. The molecule has 0 amide bonds. The largest absolute Gasteiger partial charge is 0.494 e. The summed E-state index contributed by atoms with van der Waals surface area (Å²) in [5.74, 6) is -0.332. The van der Waals surface area contributed by atoms with Crippen molar-refractivity contribution in [2.45, 2.75) is 33.4 Å². The zero-order valence-electron chi connectivity index (χ0n) is 17.4. The highest BCUT2D eigenvalue weighted by molar-refractivity contribution is 8.26. The van der Waals surface area contributed by atoms with Gasteiger partial charge in [-0.15, -0.1) is 0 Å². The lowest BCUT2D eigenvalue weighted by molar-refractivity contribution is -0.139. The number of esters is 2. The predicted molar refractivity (Wildman–Crippen MR) is 123 cm³/mol. The van der Waals surface area contributed by atoms with Crippen LogP contribution in [0.25, 0.3) is 4.85 Å². The number of thioether (sulfide) groups is 4. The third-order valence-corrected chi connectivity index (χ3v) is 9.16. The highest BCUT2D eigenvalue weighted by Gasteiger charge is 2.39. The number of methoxy groups -OCH3 is 2. The number of nitriles is 1. The molecular weight excluding hydrogens is 492 g/mol. The SMILES string of the molecule is [C-]#[N+]C(C(=O)OCC)=C1Sc2c(OC)c3c(c(OC)c2S1)SC(=C(C#N)C(=O)OCC)S3. The van der Waals surface area contributed by atoms with Crippen LogP contribution in [0.5, 0.6) is 11.5 Å². The molecule has 2 heterocycles. The lowest BCUT2D eigenvalue weighted by Gasteiger charge is -2.14. The second-order valence-corrected chi connectivity index (χ2v) is 10.4. The van der Waals surface area contributed by atoms with Gasteiger partial charge in [0, 0.05) is 0 Å². The molecular formula is C20H16N2O6S4. The maximum absolute atomic E-state index is 12.2. The fraction of sp³-hybridized carbons (Fsp3) is 0.300. The van der Waals surface area contributed by atoms with E-state index in [1.165, 1.54) is 61.3 Å². The Morgan fingerprint density at radius 1 is 0.875 bits per heavy atom. The van der Waals surface area contributed by atoms with Gasteiger partial charge in [-0.05, 0) is 13.8 Å². The third-order valence-electron chi connectivity index (χ3n) is 3.99. The molecule has 0 spiro atoms. The van der Waals surface area contributed by atoms with Crippen LogP contribution in [0.3, 0.4) is 0 Å². The van der Waals surface area contributed by atoms with Crippen molar-refractivity contribution in [2.75, 3.05) is 27.4 Å². The van der Waals surface area contributed by atoms with Crippen molar-refractivity contribution in [2.24, 2.45) is 0 Å². The van der Waals surface area contributed by atoms with E-state index in [-0.39, 0.29) is 24.5 Å². The van der Waals surface area contributed by atoms with E-state index in [4.69, 9.17) is 25.5 Å². The van der Waals surface area contributed by atoms with Gasteiger partial charge in [0.1, 0.15) is 17.6 Å². The smallest absolute Gasteiger partial charge is 0.350 e. The molecule has 0 aromatic heterocycles. The molecule has 0 bridgehead atoms. The quantitative estimate of drug-likeness (QED) is 0.223. The van der Waals surface area contributed by atoms with Gasteiger partial charge in [-0.2, -0.15) is 5.26 Å². The van der Waals surface area contributed by atoms with Crippen LogP contribution in [0.2, 0.25) is 0 Å². The molecule has 12 heteroatoms. The molecule has 0 saturated carbocycles. The van der Waals surface area contributed by atoms with Crippen LogP contribution < -0.4 is 9.47 Å². The first-order valence-corrected chi connectivity index (χ1v) is 12.4. The number of carbonyl (C=O) groups is 2. The van der Waals surface area contributed by atoms with Crippen molar-refractivity contribution in [3.8, 4) is 17.6 Å². The summed E-state index contributed by atoms with van der Waals surface area (Å²) in [7, 11) is 3.03. The molecule has 0 atom stereocenters. The first-order valence-electron chi connectivity index (χ1n) is 9.09. The van der Waals surface area contributed by atoms with Gasteiger partial charge in [-0.25, -0.2) is 9.64 Å². The van der Waals surface area contributed by atoms with Crippen LogP contribution in [-0.4, -0.2) is 39.4 Å². The molecule has 1 aromatic rings. The highest BCUT2D eigenvalue weighted by atomic mass is 32.2. The van der Waals surface area contributed by atoms with Crippen molar-refractivity contribution < 1.29 is 28.5 Å². The minimum atomic E-state index is -0.687. The summed E-state index contributed by atoms with van der Waals surface area (Å²) >= 11 is 4.90. The predicted octanol–water partition coefficient (Wildman–Crippen LogP) is 5.05. The minimum absolute atomic E-state index is 0.0826. The summed E-state index contributed by atoms with van der Waals surface area (Å²) in [6.45, 7) is 11.1. The number of carbonyl (C=O) groups excluding carboxylic acids is 2. The highest BCUT2D eigenvalue weighted by Crippen LogP contribution is 2.68. The number of rotatable bonds is 6. The fourth-order valence-corrected chi connectivity index (χ4v) is 8.19. The maximum atomic E-state index is 12.2. The van der Waals surface area contributed by atoms with Gasteiger partial charge in [0.2, 0.25) is 0 Å². The van der Waals surface area contributed by atoms with Gasteiger partial charge >= 0.3 is 11.9 Å². The Labute approximate surface area is 201 Å². The van der Waals surface area contributed by atoms with Crippen LogP contribution in [0.4, 0.5) is 0 Å².